The number of carbonyl (C=O) groups is 2. The Bertz CT molecular complexity index is 501. The van der Waals surface area contributed by atoms with Crippen LogP contribution in [0.4, 0.5) is 0 Å². The smallest absolute Gasteiger partial charge is 0.331 e. The number of carbonyl (C=O) groups excluding carboxylic acids is 1. The zero-order valence-corrected chi connectivity index (χ0v) is 10.9. The molecule has 0 saturated carbocycles. The van der Waals surface area contributed by atoms with E-state index in [1.807, 2.05) is 0 Å². The van der Waals surface area contributed by atoms with E-state index in [0.717, 1.165) is 6.08 Å². The number of carboxylic acid groups (broad SMARTS) is 1. The molecule has 1 aromatic carbocycles. The average Bonchev–Trinajstić information content (AvgIpc) is 2.44. The van der Waals surface area contributed by atoms with Gasteiger partial charge in [0.15, 0.2) is 0 Å². The van der Waals surface area contributed by atoms with Crippen LogP contribution >= 0.6 is 0 Å². The monoisotopic (exact) mass is 280 g/mol. The molecule has 108 valence electrons. The number of hydrogen-bond acceptors (Lipinski definition) is 6. The highest BCUT2D eigenvalue weighted by Crippen LogP contribution is 2.21. The van der Waals surface area contributed by atoms with Gasteiger partial charge in [-0.2, -0.15) is 0 Å². The van der Waals surface area contributed by atoms with Gasteiger partial charge in [0.25, 0.3) is 0 Å². The quantitative estimate of drug-likeness (QED) is 0.286. The first-order valence-electron chi connectivity index (χ1n) is 5.76. The number of aliphatic carboxylic acids is 1. The van der Waals surface area contributed by atoms with Crippen LogP contribution in [0.15, 0.2) is 36.4 Å². The Morgan fingerprint density at radius 2 is 2.20 bits per heavy atom. The topological polar surface area (TPSA) is 111 Å². The minimum atomic E-state index is -1.23. The summed E-state index contributed by atoms with van der Waals surface area (Å²) in [5.74, 6) is 3.87. The molecule has 0 aliphatic carbocycles. The van der Waals surface area contributed by atoms with E-state index >= 15 is 0 Å². The van der Waals surface area contributed by atoms with Gasteiger partial charge in [-0.1, -0.05) is 12.1 Å². The van der Waals surface area contributed by atoms with Crippen LogP contribution in [0.25, 0.3) is 0 Å². The molecule has 1 atom stereocenters. The minimum absolute atomic E-state index is 0.180. The first-order valence-corrected chi connectivity index (χ1v) is 5.76. The molecule has 0 aliphatic heterocycles. The third-order valence-corrected chi connectivity index (χ3v) is 2.39. The second-order valence-electron chi connectivity index (χ2n) is 3.78. The molecule has 7 heteroatoms. The lowest BCUT2D eigenvalue weighted by atomic mass is 10.1. The zero-order chi connectivity index (χ0) is 15.0. The number of ether oxygens (including phenoxy) is 2. The van der Waals surface area contributed by atoms with Crippen LogP contribution in [0.3, 0.4) is 0 Å². The molecule has 0 saturated heterocycles. The average molecular weight is 280 g/mol. The molecule has 7 nitrogen and oxygen atoms in total. The van der Waals surface area contributed by atoms with Crippen LogP contribution < -0.4 is 16.0 Å². The molecule has 20 heavy (non-hydrogen) atoms. The fourth-order valence-corrected chi connectivity index (χ4v) is 1.50. The molecule has 0 fully saturated rings. The van der Waals surface area contributed by atoms with E-state index in [4.69, 9.17) is 20.4 Å². The minimum Gasteiger partial charge on any atom is -0.497 e. The molecule has 4 N–H and O–H groups in total. The van der Waals surface area contributed by atoms with Crippen LogP contribution in [0.1, 0.15) is 11.7 Å². The Morgan fingerprint density at radius 1 is 1.45 bits per heavy atom. The van der Waals surface area contributed by atoms with Gasteiger partial charge in [-0.3, -0.25) is 11.3 Å². The van der Waals surface area contributed by atoms with Crippen LogP contribution in [0, 0.1) is 0 Å². The first kappa shape index (κ1) is 15.7. The molecule has 0 radical (unpaired) electrons. The Balaban J connectivity index is 2.82. The fourth-order valence-electron chi connectivity index (χ4n) is 1.50. The summed E-state index contributed by atoms with van der Waals surface area (Å²) in [6.07, 6.45) is 0.897. The van der Waals surface area contributed by atoms with Gasteiger partial charge in [0.05, 0.1) is 13.7 Å². The number of nitrogens with two attached hydrogens (primary N) is 1. The summed E-state index contributed by atoms with van der Waals surface area (Å²) >= 11 is 0. The van der Waals surface area contributed by atoms with Gasteiger partial charge < -0.3 is 14.6 Å². The number of carboxylic acids is 1. The van der Waals surface area contributed by atoms with Crippen molar-refractivity contribution in [2.75, 3.05) is 13.7 Å². The molecule has 0 aliphatic rings. The van der Waals surface area contributed by atoms with Gasteiger partial charge in [0.2, 0.25) is 0 Å². The predicted molar refractivity (Wildman–Crippen MR) is 70.8 cm³/mol. The second kappa shape index (κ2) is 7.93. The van der Waals surface area contributed by atoms with Crippen molar-refractivity contribution in [1.82, 2.24) is 5.43 Å². The summed E-state index contributed by atoms with van der Waals surface area (Å²) in [6.45, 7) is 0.180. The highest BCUT2D eigenvalue weighted by Gasteiger charge is 2.15. The van der Waals surface area contributed by atoms with E-state index in [9.17, 15) is 9.59 Å². The van der Waals surface area contributed by atoms with E-state index in [1.165, 1.54) is 7.11 Å². The molecule has 0 heterocycles. The van der Waals surface area contributed by atoms with Crippen molar-refractivity contribution in [2.24, 2.45) is 5.84 Å². The highest BCUT2D eigenvalue weighted by atomic mass is 16.5. The summed E-state index contributed by atoms with van der Waals surface area (Å²) in [5, 5.41) is 8.44. The lowest BCUT2D eigenvalue weighted by Gasteiger charge is -2.17. The number of nitrogens with one attached hydrogen (secondary N) is 1. The maximum atomic E-state index is 11.5. The van der Waals surface area contributed by atoms with Gasteiger partial charge >= 0.3 is 11.9 Å². The predicted octanol–water partition coefficient (Wildman–Crippen LogP) is 0.384. The lowest BCUT2D eigenvalue weighted by molar-refractivity contribution is -0.143. The van der Waals surface area contributed by atoms with Gasteiger partial charge in [-0.15, -0.1) is 0 Å². The normalized spacial score (nSPS) is 12.1. The molecule has 1 aromatic rings. The molecular weight excluding hydrogens is 264 g/mol. The maximum absolute atomic E-state index is 11.5. The van der Waals surface area contributed by atoms with Crippen molar-refractivity contribution in [2.45, 2.75) is 6.10 Å². The standard InChI is InChI=1S/C13H16N2O5/c1-19-10-4-2-3-9(7-10)11(8-15-14)20-13(18)6-5-12(16)17/h2-7,11,15H,8,14H2,1H3,(H,16,17)/b6-5-. The lowest BCUT2D eigenvalue weighted by Crippen LogP contribution is -2.30. The number of hydrazine groups is 1. The molecule has 0 aromatic heterocycles. The van der Waals surface area contributed by atoms with Crippen molar-refractivity contribution in [3.8, 4) is 5.75 Å². The van der Waals surface area contributed by atoms with Gasteiger partial charge in [-0.05, 0) is 17.7 Å². The second-order valence-corrected chi connectivity index (χ2v) is 3.78. The molecule has 0 spiro atoms. The molecule has 1 unspecified atom stereocenters. The molecular formula is C13H16N2O5. The number of hydrogen-bond donors (Lipinski definition) is 3. The van der Waals surface area contributed by atoms with Crippen molar-refractivity contribution >= 4 is 11.9 Å². The van der Waals surface area contributed by atoms with Crippen LogP contribution in [0.5, 0.6) is 5.75 Å². The summed E-state index contributed by atoms with van der Waals surface area (Å²) in [7, 11) is 1.52. The Morgan fingerprint density at radius 3 is 2.80 bits per heavy atom. The number of benzene rings is 1. The van der Waals surface area contributed by atoms with E-state index in [0.29, 0.717) is 17.4 Å². The van der Waals surface area contributed by atoms with Crippen molar-refractivity contribution in [3.63, 3.8) is 0 Å². The number of methoxy groups -OCH3 is 1. The van der Waals surface area contributed by atoms with E-state index < -0.39 is 18.0 Å². The van der Waals surface area contributed by atoms with Crippen molar-refractivity contribution in [3.05, 3.63) is 42.0 Å². The van der Waals surface area contributed by atoms with Crippen molar-refractivity contribution in [1.29, 1.82) is 0 Å². The van der Waals surface area contributed by atoms with Crippen LogP contribution in [0.2, 0.25) is 0 Å². The Hall–Kier alpha value is -2.38. The zero-order valence-electron chi connectivity index (χ0n) is 10.9. The molecule has 0 amide bonds. The van der Waals surface area contributed by atoms with E-state index in [2.05, 4.69) is 5.43 Å². The summed E-state index contributed by atoms with van der Waals surface area (Å²) in [5.41, 5.74) is 3.10. The largest absolute Gasteiger partial charge is 0.497 e. The fraction of sp³-hybridized carbons (Fsp3) is 0.231. The summed E-state index contributed by atoms with van der Waals surface area (Å²) in [6, 6.07) is 6.95. The molecule has 0 bridgehead atoms. The van der Waals surface area contributed by atoms with E-state index in [-0.39, 0.29) is 6.54 Å². The maximum Gasteiger partial charge on any atom is 0.331 e. The Kier molecular flexibility index (Phi) is 6.21. The third kappa shape index (κ3) is 5.09. The van der Waals surface area contributed by atoms with Crippen molar-refractivity contribution < 1.29 is 24.2 Å². The summed E-state index contributed by atoms with van der Waals surface area (Å²) in [4.78, 5) is 21.8. The third-order valence-electron chi connectivity index (χ3n) is 2.39. The van der Waals surface area contributed by atoms with Gasteiger partial charge in [0, 0.05) is 12.2 Å². The van der Waals surface area contributed by atoms with Gasteiger partial charge in [-0.25, -0.2) is 9.59 Å². The van der Waals surface area contributed by atoms with Crippen LogP contribution in [-0.4, -0.2) is 30.7 Å². The number of esters is 1. The van der Waals surface area contributed by atoms with E-state index in [1.54, 1.807) is 24.3 Å². The highest BCUT2D eigenvalue weighted by molar-refractivity contribution is 5.90. The molecule has 1 rings (SSSR count). The Labute approximate surface area is 116 Å². The summed E-state index contributed by atoms with van der Waals surface area (Å²) < 4.78 is 10.2. The first-order chi connectivity index (χ1) is 9.56. The van der Waals surface area contributed by atoms with Gasteiger partial charge in [0.1, 0.15) is 11.9 Å². The van der Waals surface area contributed by atoms with Crippen LogP contribution in [-0.2, 0) is 14.3 Å². The number of rotatable bonds is 7. The SMILES string of the molecule is COc1cccc(C(CNN)OC(=O)/C=C\C(=O)O)c1.